The highest BCUT2D eigenvalue weighted by Crippen LogP contribution is 2.40. The van der Waals surface area contributed by atoms with Crippen LogP contribution in [0.4, 0.5) is 0 Å². The summed E-state index contributed by atoms with van der Waals surface area (Å²) in [6.07, 6.45) is 0.410. The smallest absolute Gasteiger partial charge is 0.279 e. The van der Waals surface area contributed by atoms with Crippen LogP contribution >= 0.6 is 0 Å². The molecule has 1 atom stereocenters. The molecule has 33 heavy (non-hydrogen) atoms. The maximum Gasteiger partial charge on any atom is 0.279 e. The maximum atomic E-state index is 13.6. The first kappa shape index (κ1) is 22.7. The summed E-state index contributed by atoms with van der Waals surface area (Å²) in [4.78, 5) is 0.193. The number of nitrogens with zero attached hydrogens (tertiary/aromatic N) is 2. The van der Waals surface area contributed by atoms with E-state index in [1.54, 1.807) is 57.7 Å². The number of hydrazone groups is 1. The fourth-order valence-electron chi connectivity index (χ4n) is 3.79. The molecule has 0 bridgehead atoms. The highest BCUT2D eigenvalue weighted by atomic mass is 32.2. The van der Waals surface area contributed by atoms with Gasteiger partial charge in [-0.1, -0.05) is 23.8 Å². The maximum absolute atomic E-state index is 13.6. The van der Waals surface area contributed by atoms with E-state index in [0.29, 0.717) is 23.6 Å². The van der Waals surface area contributed by atoms with E-state index in [4.69, 9.17) is 14.2 Å². The Morgan fingerprint density at radius 2 is 1.52 bits per heavy atom. The highest BCUT2D eigenvalue weighted by Gasteiger charge is 2.38. The molecule has 0 fully saturated rings. The third-order valence-electron chi connectivity index (χ3n) is 5.65. The van der Waals surface area contributed by atoms with Crippen molar-refractivity contribution in [3.05, 3.63) is 83.4 Å². The summed E-state index contributed by atoms with van der Waals surface area (Å²) >= 11 is 0. The molecule has 3 aromatic rings. The van der Waals surface area contributed by atoms with Crippen LogP contribution in [0.5, 0.6) is 17.2 Å². The molecule has 8 heteroatoms. The summed E-state index contributed by atoms with van der Waals surface area (Å²) in [5.74, 6) is 1.82. The number of methoxy groups -OCH3 is 3. The molecule has 0 spiro atoms. The number of rotatable bonds is 7. The van der Waals surface area contributed by atoms with Crippen molar-refractivity contribution in [2.45, 2.75) is 24.3 Å². The first-order chi connectivity index (χ1) is 15.9. The van der Waals surface area contributed by atoms with E-state index >= 15 is 0 Å². The number of benzene rings is 3. The van der Waals surface area contributed by atoms with Gasteiger partial charge in [-0.2, -0.15) is 17.9 Å². The Bertz CT molecular complexity index is 1270. The molecule has 0 unspecified atom stereocenters. The Balaban J connectivity index is 1.80. The van der Waals surface area contributed by atoms with Gasteiger partial charge in [0.25, 0.3) is 10.0 Å². The van der Waals surface area contributed by atoms with Gasteiger partial charge in [0.2, 0.25) is 0 Å². The Labute approximate surface area is 194 Å². The van der Waals surface area contributed by atoms with Gasteiger partial charge in [0.15, 0.2) is 11.5 Å². The molecule has 0 saturated carbocycles. The molecule has 0 N–H and O–H groups in total. The van der Waals surface area contributed by atoms with Gasteiger partial charge in [-0.25, -0.2) is 0 Å². The van der Waals surface area contributed by atoms with Crippen LogP contribution in [0.25, 0.3) is 0 Å². The standard InChI is InChI=1S/C25H26N2O5S/c1-17-5-12-21(13-6-17)33(28,29)27-23(19-9-14-24(31-3)25(15-19)32-4)16-22(26-27)18-7-10-20(30-2)11-8-18/h5-15,23H,16H2,1-4H3/t23-/m1/s1. The molecule has 0 aliphatic carbocycles. The second-order valence-electron chi connectivity index (χ2n) is 7.70. The van der Waals surface area contributed by atoms with Gasteiger partial charge in [-0.3, -0.25) is 0 Å². The monoisotopic (exact) mass is 466 g/mol. The number of hydrogen-bond acceptors (Lipinski definition) is 6. The fourth-order valence-corrected chi connectivity index (χ4v) is 5.23. The zero-order chi connectivity index (χ0) is 23.6. The van der Waals surface area contributed by atoms with Crippen LogP contribution in [0.2, 0.25) is 0 Å². The lowest BCUT2D eigenvalue weighted by Crippen LogP contribution is -2.27. The molecule has 1 aliphatic rings. The third kappa shape index (κ3) is 4.39. The molecule has 0 aromatic heterocycles. The minimum atomic E-state index is -3.89. The molecular weight excluding hydrogens is 440 g/mol. The molecule has 0 saturated heterocycles. The summed E-state index contributed by atoms with van der Waals surface area (Å²) in [5, 5.41) is 4.59. The molecule has 0 radical (unpaired) electrons. The van der Waals surface area contributed by atoms with E-state index in [2.05, 4.69) is 5.10 Å². The predicted molar refractivity (Wildman–Crippen MR) is 127 cm³/mol. The second-order valence-corrected chi connectivity index (χ2v) is 9.50. The van der Waals surface area contributed by atoms with Crippen LogP contribution < -0.4 is 14.2 Å². The van der Waals surface area contributed by atoms with Crippen LogP contribution in [0.15, 0.2) is 76.7 Å². The number of aryl methyl sites for hydroxylation is 1. The molecule has 172 valence electrons. The summed E-state index contributed by atoms with van der Waals surface area (Å²) in [7, 11) is 0.823. The highest BCUT2D eigenvalue weighted by molar-refractivity contribution is 7.89. The van der Waals surface area contributed by atoms with Crippen molar-refractivity contribution in [2.75, 3.05) is 21.3 Å². The summed E-state index contributed by atoms with van der Waals surface area (Å²) in [6.45, 7) is 1.92. The third-order valence-corrected chi connectivity index (χ3v) is 7.35. The quantitative estimate of drug-likeness (QED) is 0.510. The topological polar surface area (TPSA) is 77.4 Å². The van der Waals surface area contributed by atoms with Crippen molar-refractivity contribution in [2.24, 2.45) is 5.10 Å². The molecule has 4 rings (SSSR count). The predicted octanol–water partition coefficient (Wildman–Crippen LogP) is 4.56. The Morgan fingerprint density at radius 3 is 2.12 bits per heavy atom. The van der Waals surface area contributed by atoms with Gasteiger partial charge in [-0.05, 0) is 66.6 Å². The summed E-state index contributed by atoms with van der Waals surface area (Å²) in [5.41, 5.74) is 3.25. The van der Waals surface area contributed by atoms with Crippen LogP contribution in [-0.2, 0) is 10.0 Å². The van der Waals surface area contributed by atoms with Gasteiger partial charge in [0.1, 0.15) is 5.75 Å². The van der Waals surface area contributed by atoms with Crippen molar-refractivity contribution < 1.29 is 22.6 Å². The van der Waals surface area contributed by atoms with Gasteiger partial charge in [0.05, 0.1) is 38.0 Å². The minimum absolute atomic E-state index is 0.193. The van der Waals surface area contributed by atoms with E-state index in [-0.39, 0.29) is 4.90 Å². The van der Waals surface area contributed by atoms with E-state index in [0.717, 1.165) is 22.4 Å². The Hall–Kier alpha value is -3.52. The fraction of sp³-hybridized carbons (Fsp3) is 0.240. The number of hydrogen-bond donors (Lipinski definition) is 0. The molecule has 0 amide bonds. The van der Waals surface area contributed by atoms with Crippen molar-refractivity contribution in [1.29, 1.82) is 0 Å². The Kier molecular flexibility index (Phi) is 6.29. The average Bonchev–Trinajstić information content (AvgIpc) is 3.30. The normalized spacial score (nSPS) is 15.8. The van der Waals surface area contributed by atoms with E-state index in [1.807, 2.05) is 37.3 Å². The van der Waals surface area contributed by atoms with Crippen molar-refractivity contribution in [3.63, 3.8) is 0 Å². The first-order valence-electron chi connectivity index (χ1n) is 10.4. The molecule has 1 aliphatic heterocycles. The lowest BCUT2D eigenvalue weighted by Gasteiger charge is -2.24. The lowest BCUT2D eigenvalue weighted by atomic mass is 9.99. The number of sulfonamides is 1. The van der Waals surface area contributed by atoms with E-state index in [1.165, 1.54) is 4.41 Å². The second kappa shape index (κ2) is 9.15. The van der Waals surface area contributed by atoms with E-state index < -0.39 is 16.1 Å². The number of ether oxygens (including phenoxy) is 3. The zero-order valence-corrected chi connectivity index (χ0v) is 19.8. The summed E-state index contributed by atoms with van der Waals surface area (Å²) in [6, 6.07) is 19.1. The van der Waals surface area contributed by atoms with Gasteiger partial charge in [-0.15, -0.1) is 0 Å². The van der Waals surface area contributed by atoms with Crippen LogP contribution in [-0.4, -0.2) is 39.9 Å². The van der Waals surface area contributed by atoms with Crippen LogP contribution in [0.3, 0.4) is 0 Å². The van der Waals surface area contributed by atoms with Gasteiger partial charge < -0.3 is 14.2 Å². The molecule has 7 nitrogen and oxygen atoms in total. The minimum Gasteiger partial charge on any atom is -0.497 e. The van der Waals surface area contributed by atoms with E-state index in [9.17, 15) is 8.42 Å². The largest absolute Gasteiger partial charge is 0.497 e. The van der Waals surface area contributed by atoms with Crippen molar-refractivity contribution >= 4 is 15.7 Å². The zero-order valence-electron chi connectivity index (χ0n) is 19.0. The van der Waals surface area contributed by atoms with Gasteiger partial charge in [0, 0.05) is 6.42 Å². The Morgan fingerprint density at radius 1 is 0.848 bits per heavy atom. The van der Waals surface area contributed by atoms with Gasteiger partial charge >= 0.3 is 0 Å². The average molecular weight is 467 g/mol. The molecular formula is C25H26N2O5S. The van der Waals surface area contributed by atoms with Crippen LogP contribution in [0.1, 0.15) is 29.2 Å². The molecule has 3 aromatic carbocycles. The first-order valence-corrected chi connectivity index (χ1v) is 11.9. The lowest BCUT2D eigenvalue weighted by molar-refractivity contribution is 0.348. The molecule has 1 heterocycles. The van der Waals surface area contributed by atoms with Crippen molar-refractivity contribution in [3.8, 4) is 17.2 Å². The SMILES string of the molecule is COc1ccc(C2=NN(S(=O)(=O)c3ccc(C)cc3)[C@@H](c3ccc(OC)c(OC)c3)C2)cc1. The van der Waals surface area contributed by atoms with Crippen LogP contribution in [0, 0.1) is 6.92 Å². The van der Waals surface area contributed by atoms with Crippen molar-refractivity contribution in [1.82, 2.24) is 4.41 Å². The summed E-state index contributed by atoms with van der Waals surface area (Å²) < 4.78 is 44.5.